The van der Waals surface area contributed by atoms with Gasteiger partial charge >= 0.3 is 5.97 Å². The molecule has 0 fully saturated rings. The molecule has 0 spiro atoms. The summed E-state index contributed by atoms with van der Waals surface area (Å²) >= 11 is 0. The smallest absolute Gasteiger partial charge is 0.332 e. The molecule has 0 aliphatic rings. The van der Waals surface area contributed by atoms with Crippen LogP contribution in [0.15, 0.2) is 36.0 Å². The Morgan fingerprint density at radius 3 is 2.62 bits per heavy atom. The number of benzene rings is 1. The van der Waals surface area contributed by atoms with Crippen LogP contribution in [0.1, 0.15) is 18.1 Å². The van der Waals surface area contributed by atoms with E-state index in [0.717, 1.165) is 5.56 Å². The van der Waals surface area contributed by atoms with E-state index < -0.39 is 5.97 Å². The first kappa shape index (κ1) is 11.8. The lowest BCUT2D eigenvalue weighted by Gasteiger charge is -2.02. The molecule has 0 unspecified atom stereocenters. The number of carbonyl (C=O) groups is 1. The van der Waals surface area contributed by atoms with Crippen molar-refractivity contribution in [2.75, 3.05) is 0 Å². The molecule has 82 valence electrons. The molecular formula is C12H12N2O2. The predicted octanol–water partition coefficient (Wildman–Crippen LogP) is 1.46. The van der Waals surface area contributed by atoms with Gasteiger partial charge in [-0.15, -0.1) is 0 Å². The van der Waals surface area contributed by atoms with Crippen LogP contribution >= 0.6 is 0 Å². The van der Waals surface area contributed by atoms with Crippen molar-refractivity contribution in [2.45, 2.75) is 13.5 Å². The first-order chi connectivity index (χ1) is 7.61. The number of nitriles is 1. The van der Waals surface area contributed by atoms with E-state index in [1.54, 1.807) is 31.2 Å². The molecule has 4 heteroatoms. The van der Waals surface area contributed by atoms with Crippen LogP contribution in [0, 0.1) is 11.3 Å². The molecule has 0 saturated carbocycles. The number of rotatable bonds is 3. The van der Waals surface area contributed by atoms with Gasteiger partial charge in [-0.3, -0.25) is 0 Å². The van der Waals surface area contributed by atoms with Crippen LogP contribution in [0.5, 0.6) is 0 Å². The van der Waals surface area contributed by atoms with Crippen LogP contribution in [-0.4, -0.2) is 5.97 Å². The first-order valence-electron chi connectivity index (χ1n) is 4.71. The zero-order valence-electron chi connectivity index (χ0n) is 8.93. The van der Waals surface area contributed by atoms with Gasteiger partial charge in [0.15, 0.2) is 0 Å². The second-order valence-corrected chi connectivity index (χ2v) is 3.30. The third-order valence-electron chi connectivity index (χ3n) is 1.81. The standard InChI is InChI=1S/C12H12N2O2/c1-9(14)6-12(15)16-8-11-4-2-10(7-13)3-5-11/h2-6H,8,14H2,1H3/b9-6-. The summed E-state index contributed by atoms with van der Waals surface area (Å²) in [5, 5.41) is 8.59. The Balaban J connectivity index is 2.52. The van der Waals surface area contributed by atoms with E-state index in [-0.39, 0.29) is 6.61 Å². The lowest BCUT2D eigenvalue weighted by atomic mass is 10.2. The minimum atomic E-state index is -0.468. The van der Waals surface area contributed by atoms with Gasteiger partial charge in [-0.25, -0.2) is 4.79 Å². The molecule has 16 heavy (non-hydrogen) atoms. The lowest BCUT2D eigenvalue weighted by Crippen LogP contribution is -2.04. The molecule has 4 nitrogen and oxygen atoms in total. The van der Waals surface area contributed by atoms with Gasteiger partial charge in [0.05, 0.1) is 11.6 Å². The van der Waals surface area contributed by atoms with E-state index in [1.807, 2.05) is 6.07 Å². The SMILES string of the molecule is C/C(N)=C/C(=O)OCc1ccc(C#N)cc1. The maximum absolute atomic E-state index is 11.1. The van der Waals surface area contributed by atoms with Crippen LogP contribution in [0.3, 0.4) is 0 Å². The van der Waals surface area contributed by atoms with Crippen molar-refractivity contribution in [2.24, 2.45) is 5.73 Å². The van der Waals surface area contributed by atoms with Crippen LogP contribution in [-0.2, 0) is 16.1 Å². The quantitative estimate of drug-likeness (QED) is 0.613. The van der Waals surface area contributed by atoms with Crippen LogP contribution in [0.4, 0.5) is 0 Å². The Labute approximate surface area is 93.9 Å². The molecule has 0 amide bonds. The molecule has 0 saturated heterocycles. The maximum atomic E-state index is 11.1. The van der Waals surface area contributed by atoms with Crippen LogP contribution in [0.2, 0.25) is 0 Å². The molecule has 0 aromatic heterocycles. The minimum Gasteiger partial charge on any atom is -0.458 e. The van der Waals surface area contributed by atoms with Gasteiger partial charge in [-0.1, -0.05) is 12.1 Å². The van der Waals surface area contributed by atoms with E-state index in [4.69, 9.17) is 15.7 Å². The van der Waals surface area contributed by atoms with Gasteiger partial charge in [0, 0.05) is 11.8 Å². The van der Waals surface area contributed by atoms with Crippen molar-refractivity contribution in [3.63, 3.8) is 0 Å². The zero-order chi connectivity index (χ0) is 12.0. The number of allylic oxidation sites excluding steroid dienone is 1. The molecule has 0 aliphatic heterocycles. The molecule has 1 rings (SSSR count). The molecule has 0 heterocycles. The number of hydrogen-bond donors (Lipinski definition) is 1. The summed E-state index contributed by atoms with van der Waals surface area (Å²) in [4.78, 5) is 11.1. The summed E-state index contributed by atoms with van der Waals surface area (Å²) in [6.07, 6.45) is 1.23. The second kappa shape index (κ2) is 5.56. The Morgan fingerprint density at radius 1 is 1.50 bits per heavy atom. The normalized spacial score (nSPS) is 10.6. The minimum absolute atomic E-state index is 0.175. The van der Waals surface area contributed by atoms with Crippen molar-refractivity contribution in [3.05, 3.63) is 47.2 Å². The Bertz CT molecular complexity index is 437. The lowest BCUT2D eigenvalue weighted by molar-refractivity contribution is -0.139. The summed E-state index contributed by atoms with van der Waals surface area (Å²) < 4.78 is 4.93. The number of hydrogen-bond acceptors (Lipinski definition) is 4. The third kappa shape index (κ3) is 3.84. The molecule has 0 aliphatic carbocycles. The fourth-order valence-electron chi connectivity index (χ4n) is 1.06. The van der Waals surface area contributed by atoms with Crippen LogP contribution < -0.4 is 5.73 Å². The Kier molecular flexibility index (Phi) is 4.10. The highest BCUT2D eigenvalue weighted by Gasteiger charge is 1.99. The second-order valence-electron chi connectivity index (χ2n) is 3.30. The Morgan fingerprint density at radius 2 is 2.12 bits per heavy atom. The Hall–Kier alpha value is -2.28. The highest BCUT2D eigenvalue weighted by molar-refractivity contribution is 5.82. The topological polar surface area (TPSA) is 76.1 Å². The number of carbonyl (C=O) groups excluding carboxylic acids is 1. The number of ether oxygens (including phenoxy) is 1. The summed E-state index contributed by atoms with van der Waals surface area (Å²) in [7, 11) is 0. The van der Waals surface area contributed by atoms with E-state index in [2.05, 4.69) is 0 Å². The average molecular weight is 216 g/mol. The van der Waals surface area contributed by atoms with Crippen molar-refractivity contribution in [3.8, 4) is 6.07 Å². The average Bonchev–Trinajstić information content (AvgIpc) is 2.26. The molecule has 0 atom stereocenters. The molecule has 2 N–H and O–H groups in total. The largest absolute Gasteiger partial charge is 0.458 e. The summed E-state index contributed by atoms with van der Waals surface area (Å²) in [6, 6.07) is 8.84. The van der Waals surface area contributed by atoms with E-state index in [1.165, 1.54) is 6.08 Å². The summed E-state index contributed by atoms with van der Waals surface area (Å²) in [5.41, 5.74) is 7.14. The molecule has 0 bridgehead atoms. The van der Waals surface area contributed by atoms with E-state index in [9.17, 15) is 4.79 Å². The van der Waals surface area contributed by atoms with Gasteiger partial charge in [0.1, 0.15) is 6.61 Å². The van der Waals surface area contributed by atoms with Crippen LogP contribution in [0.25, 0.3) is 0 Å². The fraction of sp³-hybridized carbons (Fsp3) is 0.167. The molecule has 1 aromatic carbocycles. The first-order valence-corrected chi connectivity index (χ1v) is 4.71. The summed E-state index contributed by atoms with van der Waals surface area (Å²) in [5.74, 6) is -0.468. The van der Waals surface area contributed by atoms with Crippen molar-refractivity contribution < 1.29 is 9.53 Å². The van der Waals surface area contributed by atoms with E-state index >= 15 is 0 Å². The molecule has 1 aromatic rings. The van der Waals surface area contributed by atoms with Crippen molar-refractivity contribution in [1.29, 1.82) is 5.26 Å². The van der Waals surface area contributed by atoms with Gasteiger partial charge < -0.3 is 10.5 Å². The zero-order valence-corrected chi connectivity index (χ0v) is 8.93. The van der Waals surface area contributed by atoms with Crippen molar-refractivity contribution >= 4 is 5.97 Å². The van der Waals surface area contributed by atoms with Gasteiger partial charge in [-0.05, 0) is 24.6 Å². The number of nitrogens with zero attached hydrogens (tertiary/aromatic N) is 1. The third-order valence-corrected chi connectivity index (χ3v) is 1.81. The number of esters is 1. The molecule has 0 radical (unpaired) electrons. The highest BCUT2D eigenvalue weighted by atomic mass is 16.5. The maximum Gasteiger partial charge on any atom is 0.332 e. The monoisotopic (exact) mass is 216 g/mol. The van der Waals surface area contributed by atoms with Gasteiger partial charge in [0.2, 0.25) is 0 Å². The van der Waals surface area contributed by atoms with E-state index in [0.29, 0.717) is 11.3 Å². The summed E-state index contributed by atoms with van der Waals surface area (Å²) in [6.45, 7) is 1.79. The predicted molar refractivity (Wildman–Crippen MR) is 58.9 cm³/mol. The van der Waals surface area contributed by atoms with Crippen molar-refractivity contribution in [1.82, 2.24) is 0 Å². The highest BCUT2D eigenvalue weighted by Crippen LogP contribution is 2.05. The number of nitrogens with two attached hydrogens (primary N) is 1. The van der Waals surface area contributed by atoms with Gasteiger partial charge in [-0.2, -0.15) is 5.26 Å². The fourth-order valence-corrected chi connectivity index (χ4v) is 1.06. The molecular weight excluding hydrogens is 204 g/mol. The van der Waals surface area contributed by atoms with Gasteiger partial charge in [0.25, 0.3) is 0 Å².